The van der Waals surface area contributed by atoms with Gasteiger partial charge in [-0.05, 0) is 44.2 Å². The Morgan fingerprint density at radius 2 is 1.89 bits per heavy atom. The van der Waals surface area contributed by atoms with E-state index in [-0.39, 0.29) is 11.5 Å². The van der Waals surface area contributed by atoms with Gasteiger partial charge in [0, 0.05) is 25.2 Å². The van der Waals surface area contributed by atoms with Gasteiger partial charge in [0.05, 0.1) is 16.6 Å². The molecule has 1 aromatic carbocycles. The van der Waals surface area contributed by atoms with Crippen LogP contribution in [0.15, 0.2) is 35.2 Å². The molecule has 2 rings (SSSR count). The van der Waals surface area contributed by atoms with Gasteiger partial charge in [0.25, 0.3) is 0 Å². The van der Waals surface area contributed by atoms with Gasteiger partial charge in [-0.3, -0.25) is 9.00 Å². The highest BCUT2D eigenvalue weighted by atomic mass is 35.5. The summed E-state index contributed by atoms with van der Waals surface area (Å²) in [7, 11) is -1.32. The largest absolute Gasteiger partial charge is 0.293 e. The number of carbonyl (C=O) groups excluding carboxylic acids is 1. The minimum atomic E-state index is -1.32. The van der Waals surface area contributed by atoms with Crippen LogP contribution in [0.5, 0.6) is 0 Å². The van der Waals surface area contributed by atoms with E-state index in [0.29, 0.717) is 15.5 Å². The first-order valence-corrected chi connectivity index (χ1v) is 8.23. The summed E-state index contributed by atoms with van der Waals surface area (Å²) in [5.41, 5.74) is 0.685. The quantitative estimate of drug-likeness (QED) is 0.799. The van der Waals surface area contributed by atoms with Crippen LogP contribution in [0.1, 0.15) is 20.1 Å². The summed E-state index contributed by atoms with van der Waals surface area (Å²) in [5, 5.41) is 0.594. The molecule has 0 spiro atoms. The number of hydrogen-bond acceptors (Lipinski definition) is 3. The molecule has 100 valence electrons. The third-order valence-electron chi connectivity index (χ3n) is 2.68. The van der Waals surface area contributed by atoms with Crippen LogP contribution >= 0.6 is 22.9 Å². The molecule has 0 N–H and O–H groups in total. The van der Waals surface area contributed by atoms with Crippen molar-refractivity contribution in [3.63, 3.8) is 0 Å². The third-order valence-corrected chi connectivity index (χ3v) is 5.22. The number of rotatable bonds is 4. The number of Topliss-reactive ketones (excluding diaryl/α,β-unsaturated/α-hetero) is 1. The molecular formula is C14H13ClO2S2. The van der Waals surface area contributed by atoms with E-state index in [0.717, 1.165) is 9.75 Å². The Balaban J connectivity index is 2.13. The lowest BCUT2D eigenvalue weighted by Crippen LogP contribution is -2.11. The van der Waals surface area contributed by atoms with Crippen molar-refractivity contribution in [1.82, 2.24) is 0 Å². The van der Waals surface area contributed by atoms with Crippen molar-refractivity contribution in [3.8, 4) is 0 Å². The lowest BCUT2D eigenvalue weighted by Gasteiger charge is -2.02. The maximum Gasteiger partial charge on any atom is 0.176 e. The second kappa shape index (κ2) is 5.99. The number of halogens is 1. The van der Waals surface area contributed by atoms with Gasteiger partial charge in [-0.2, -0.15) is 0 Å². The van der Waals surface area contributed by atoms with E-state index < -0.39 is 10.8 Å². The normalized spacial score (nSPS) is 12.4. The Morgan fingerprint density at radius 1 is 1.26 bits per heavy atom. The molecule has 2 nitrogen and oxygen atoms in total. The molecule has 0 aliphatic carbocycles. The summed E-state index contributed by atoms with van der Waals surface area (Å²) >= 11 is 7.36. The Labute approximate surface area is 123 Å². The standard InChI is InChI=1S/C14H13ClO2S2/c1-9-7-13(10(2)18-9)14(16)8-19(17)12-5-3-11(15)4-6-12/h3-7H,8H2,1-2H3. The molecule has 0 amide bonds. The van der Waals surface area contributed by atoms with Gasteiger partial charge in [-0.15, -0.1) is 11.3 Å². The molecule has 1 aromatic heterocycles. The van der Waals surface area contributed by atoms with Gasteiger partial charge in [-0.25, -0.2) is 0 Å². The summed E-state index contributed by atoms with van der Waals surface area (Å²) in [6.07, 6.45) is 0. The first kappa shape index (κ1) is 14.4. The number of ketones is 1. The highest BCUT2D eigenvalue weighted by Gasteiger charge is 2.16. The lowest BCUT2D eigenvalue weighted by molar-refractivity contribution is 0.102. The second-order valence-electron chi connectivity index (χ2n) is 4.19. The van der Waals surface area contributed by atoms with Crippen LogP contribution in [-0.2, 0) is 10.8 Å². The van der Waals surface area contributed by atoms with E-state index in [2.05, 4.69) is 0 Å². The molecule has 0 saturated carbocycles. The van der Waals surface area contributed by atoms with Gasteiger partial charge in [0.15, 0.2) is 5.78 Å². The Bertz CT molecular complexity index is 629. The van der Waals surface area contributed by atoms with Crippen molar-refractivity contribution >= 4 is 39.5 Å². The summed E-state index contributed by atoms with van der Waals surface area (Å²) < 4.78 is 12.1. The molecule has 0 aliphatic heterocycles. The van der Waals surface area contributed by atoms with Crippen molar-refractivity contribution in [2.75, 3.05) is 5.75 Å². The zero-order valence-corrected chi connectivity index (χ0v) is 13.0. The van der Waals surface area contributed by atoms with Crippen LogP contribution < -0.4 is 0 Å². The average molecular weight is 313 g/mol. The maximum absolute atomic E-state index is 12.1. The van der Waals surface area contributed by atoms with E-state index in [9.17, 15) is 9.00 Å². The Kier molecular flexibility index (Phi) is 4.55. The number of hydrogen-bond donors (Lipinski definition) is 0. The first-order chi connectivity index (χ1) is 8.97. The van der Waals surface area contributed by atoms with Gasteiger partial charge >= 0.3 is 0 Å². The molecule has 19 heavy (non-hydrogen) atoms. The Hall–Kier alpha value is -0.970. The zero-order valence-electron chi connectivity index (χ0n) is 10.6. The van der Waals surface area contributed by atoms with Crippen molar-refractivity contribution < 1.29 is 9.00 Å². The highest BCUT2D eigenvalue weighted by Crippen LogP contribution is 2.22. The minimum absolute atomic E-state index is 0.0125. The number of aryl methyl sites for hydroxylation is 2. The molecule has 2 aromatic rings. The van der Waals surface area contributed by atoms with E-state index in [1.165, 1.54) is 0 Å². The van der Waals surface area contributed by atoms with Crippen LogP contribution in [0, 0.1) is 13.8 Å². The van der Waals surface area contributed by atoms with Crippen molar-refractivity contribution in [2.24, 2.45) is 0 Å². The topological polar surface area (TPSA) is 34.1 Å². The van der Waals surface area contributed by atoms with Gasteiger partial charge < -0.3 is 0 Å². The predicted molar refractivity (Wildman–Crippen MR) is 80.9 cm³/mol. The predicted octanol–water partition coefficient (Wildman–Crippen LogP) is 4.01. The molecule has 1 heterocycles. The molecule has 0 radical (unpaired) electrons. The molecule has 5 heteroatoms. The fraction of sp³-hybridized carbons (Fsp3) is 0.214. The number of thiophene rings is 1. The van der Waals surface area contributed by atoms with Crippen LogP contribution in [-0.4, -0.2) is 15.7 Å². The number of carbonyl (C=O) groups is 1. The first-order valence-electron chi connectivity index (χ1n) is 5.71. The fourth-order valence-electron chi connectivity index (χ4n) is 1.77. The maximum atomic E-state index is 12.1. The van der Waals surface area contributed by atoms with Gasteiger partial charge in [-0.1, -0.05) is 11.6 Å². The molecule has 0 saturated heterocycles. The van der Waals surface area contributed by atoms with E-state index in [1.54, 1.807) is 35.6 Å². The lowest BCUT2D eigenvalue weighted by atomic mass is 10.2. The van der Waals surface area contributed by atoms with Gasteiger partial charge in [0.1, 0.15) is 0 Å². The van der Waals surface area contributed by atoms with Crippen molar-refractivity contribution in [2.45, 2.75) is 18.7 Å². The monoisotopic (exact) mass is 312 g/mol. The van der Waals surface area contributed by atoms with Crippen LogP contribution in [0.25, 0.3) is 0 Å². The molecule has 1 atom stereocenters. The average Bonchev–Trinajstić information content (AvgIpc) is 2.69. The molecule has 0 bridgehead atoms. The Morgan fingerprint density at radius 3 is 2.42 bits per heavy atom. The summed E-state index contributed by atoms with van der Waals surface area (Å²) in [5.74, 6) is -0.0614. The van der Waals surface area contributed by atoms with E-state index >= 15 is 0 Å². The molecular weight excluding hydrogens is 300 g/mol. The SMILES string of the molecule is Cc1cc(C(=O)CS(=O)c2ccc(Cl)cc2)c(C)s1. The number of benzene rings is 1. The van der Waals surface area contributed by atoms with Gasteiger partial charge in [0.2, 0.25) is 0 Å². The molecule has 1 unspecified atom stereocenters. The van der Waals surface area contributed by atoms with Crippen molar-refractivity contribution in [1.29, 1.82) is 0 Å². The van der Waals surface area contributed by atoms with E-state index in [1.807, 2.05) is 19.9 Å². The minimum Gasteiger partial charge on any atom is -0.293 e. The highest BCUT2D eigenvalue weighted by molar-refractivity contribution is 7.85. The molecule has 0 aliphatic rings. The molecule has 0 fully saturated rings. The second-order valence-corrected chi connectivity index (χ2v) is 7.54. The smallest absolute Gasteiger partial charge is 0.176 e. The van der Waals surface area contributed by atoms with Crippen molar-refractivity contribution in [3.05, 3.63) is 50.7 Å². The third kappa shape index (κ3) is 3.53. The summed E-state index contributed by atoms with van der Waals surface area (Å²) in [4.78, 5) is 14.8. The van der Waals surface area contributed by atoms with E-state index in [4.69, 9.17) is 11.6 Å². The summed E-state index contributed by atoms with van der Waals surface area (Å²) in [6, 6.07) is 8.61. The van der Waals surface area contributed by atoms with Crippen LogP contribution in [0.2, 0.25) is 5.02 Å². The zero-order chi connectivity index (χ0) is 14.0. The van der Waals surface area contributed by atoms with Crippen LogP contribution in [0.4, 0.5) is 0 Å². The fourth-order valence-corrected chi connectivity index (χ4v) is 3.84. The summed E-state index contributed by atoms with van der Waals surface area (Å²) in [6.45, 7) is 3.88. The van der Waals surface area contributed by atoms with Crippen LogP contribution in [0.3, 0.4) is 0 Å².